The van der Waals surface area contributed by atoms with E-state index in [2.05, 4.69) is 10.6 Å². The highest BCUT2D eigenvalue weighted by molar-refractivity contribution is 6.47. The molecule has 0 spiro atoms. The summed E-state index contributed by atoms with van der Waals surface area (Å²) in [5.74, 6) is -3.22. The average molecular weight is 315 g/mol. The first-order valence-electron chi connectivity index (χ1n) is 6.57. The molecule has 22 heavy (non-hydrogen) atoms. The molecule has 1 aliphatic heterocycles. The van der Waals surface area contributed by atoms with Gasteiger partial charge in [-0.3, -0.25) is 14.4 Å². The molecule has 2 aromatic carbocycles. The van der Waals surface area contributed by atoms with Crippen molar-refractivity contribution < 1.29 is 14.4 Å². The number of carbonyl (C=O) groups excluding carboxylic acids is 3. The van der Waals surface area contributed by atoms with Crippen LogP contribution >= 0.6 is 11.6 Å². The fourth-order valence-corrected chi connectivity index (χ4v) is 2.45. The van der Waals surface area contributed by atoms with Crippen LogP contribution in [0.15, 0.2) is 48.5 Å². The molecule has 1 aliphatic rings. The molecule has 0 aromatic heterocycles. The quantitative estimate of drug-likeness (QED) is 0.675. The molecule has 0 saturated heterocycles. The highest BCUT2D eigenvalue weighted by Crippen LogP contribution is 2.32. The van der Waals surface area contributed by atoms with Gasteiger partial charge in [-0.05, 0) is 35.9 Å². The summed E-state index contributed by atoms with van der Waals surface area (Å²) in [7, 11) is 0. The maximum absolute atomic E-state index is 12.3. The average Bonchev–Trinajstić information content (AvgIpc) is 2.84. The van der Waals surface area contributed by atoms with Crippen molar-refractivity contribution in [2.75, 3.05) is 10.6 Å². The van der Waals surface area contributed by atoms with Crippen molar-refractivity contribution >= 4 is 40.6 Å². The lowest BCUT2D eigenvalue weighted by atomic mass is 9.95. The van der Waals surface area contributed by atoms with Gasteiger partial charge >= 0.3 is 0 Å². The summed E-state index contributed by atoms with van der Waals surface area (Å²) in [5.41, 5.74) is 1.52. The molecule has 1 heterocycles. The van der Waals surface area contributed by atoms with Crippen LogP contribution in [0.3, 0.4) is 0 Å². The van der Waals surface area contributed by atoms with Gasteiger partial charge in [0.15, 0.2) is 0 Å². The first-order chi connectivity index (χ1) is 10.6. The van der Waals surface area contributed by atoms with Crippen LogP contribution in [0.5, 0.6) is 0 Å². The fraction of sp³-hybridized carbons (Fsp3) is 0.0625. The number of anilines is 2. The van der Waals surface area contributed by atoms with Crippen LogP contribution in [0.4, 0.5) is 11.4 Å². The second-order valence-corrected chi connectivity index (χ2v) is 5.27. The molecule has 110 valence electrons. The SMILES string of the molecule is O=C(Nc1ccc(Cl)cc1)C(=O)[C@H]1C(=O)Nc2ccccc21. The molecule has 5 nitrogen and oxygen atoms in total. The van der Waals surface area contributed by atoms with E-state index in [0.29, 0.717) is 22.0 Å². The van der Waals surface area contributed by atoms with Gasteiger partial charge in [-0.2, -0.15) is 0 Å². The molecule has 0 fully saturated rings. The normalized spacial score (nSPS) is 15.9. The van der Waals surface area contributed by atoms with Crippen LogP contribution in [-0.4, -0.2) is 17.6 Å². The number of hydrogen-bond acceptors (Lipinski definition) is 3. The van der Waals surface area contributed by atoms with Crippen LogP contribution in [0, 0.1) is 0 Å². The summed E-state index contributed by atoms with van der Waals surface area (Å²) in [6, 6.07) is 13.2. The predicted octanol–water partition coefficient (Wildman–Crippen LogP) is 2.58. The van der Waals surface area contributed by atoms with Gasteiger partial charge in [0.25, 0.3) is 5.91 Å². The monoisotopic (exact) mass is 314 g/mol. The maximum Gasteiger partial charge on any atom is 0.292 e. The topological polar surface area (TPSA) is 75.3 Å². The van der Waals surface area contributed by atoms with E-state index in [-0.39, 0.29) is 0 Å². The fourth-order valence-electron chi connectivity index (χ4n) is 2.33. The van der Waals surface area contributed by atoms with E-state index in [0.717, 1.165) is 0 Å². The molecule has 0 bridgehead atoms. The van der Waals surface area contributed by atoms with Crippen molar-refractivity contribution in [1.82, 2.24) is 0 Å². The van der Waals surface area contributed by atoms with E-state index >= 15 is 0 Å². The summed E-state index contributed by atoms with van der Waals surface area (Å²) >= 11 is 5.76. The number of ketones is 1. The van der Waals surface area contributed by atoms with Gasteiger partial charge in [0.05, 0.1) is 0 Å². The molecule has 1 atom stereocenters. The minimum absolute atomic E-state index is 0.439. The van der Waals surface area contributed by atoms with Gasteiger partial charge in [-0.25, -0.2) is 0 Å². The van der Waals surface area contributed by atoms with Crippen molar-refractivity contribution in [3.8, 4) is 0 Å². The number of halogens is 1. The third kappa shape index (κ3) is 2.58. The second kappa shape index (κ2) is 5.61. The summed E-state index contributed by atoms with van der Waals surface area (Å²) in [5, 5.41) is 5.59. The van der Waals surface area contributed by atoms with Gasteiger partial charge in [0.2, 0.25) is 11.7 Å². The van der Waals surface area contributed by atoms with E-state index in [1.807, 2.05) is 0 Å². The Morgan fingerprint density at radius 1 is 1.05 bits per heavy atom. The number of para-hydroxylation sites is 1. The van der Waals surface area contributed by atoms with Gasteiger partial charge in [-0.15, -0.1) is 0 Å². The largest absolute Gasteiger partial charge is 0.325 e. The minimum Gasteiger partial charge on any atom is -0.325 e. The molecule has 3 rings (SSSR count). The zero-order chi connectivity index (χ0) is 15.7. The Balaban J connectivity index is 1.80. The van der Waals surface area contributed by atoms with E-state index in [4.69, 9.17) is 11.6 Å². The third-order valence-corrected chi connectivity index (χ3v) is 3.63. The zero-order valence-corrected chi connectivity index (χ0v) is 12.1. The molecule has 2 amide bonds. The molecule has 0 unspecified atom stereocenters. The van der Waals surface area contributed by atoms with Gasteiger partial charge in [-0.1, -0.05) is 29.8 Å². The predicted molar refractivity (Wildman–Crippen MR) is 82.9 cm³/mol. The molecule has 2 aromatic rings. The third-order valence-electron chi connectivity index (χ3n) is 3.38. The minimum atomic E-state index is -1.11. The van der Waals surface area contributed by atoms with E-state index in [1.54, 1.807) is 48.5 Å². The lowest BCUT2D eigenvalue weighted by Gasteiger charge is -2.08. The lowest BCUT2D eigenvalue weighted by molar-refractivity contribution is -0.138. The van der Waals surface area contributed by atoms with Gasteiger partial charge in [0, 0.05) is 16.4 Å². The van der Waals surface area contributed by atoms with Crippen LogP contribution < -0.4 is 10.6 Å². The molecule has 0 radical (unpaired) electrons. The molecular weight excluding hydrogens is 304 g/mol. The molecule has 2 N–H and O–H groups in total. The number of hydrogen-bond donors (Lipinski definition) is 2. The number of Topliss-reactive ketones (excluding diaryl/α,β-unsaturated/α-hetero) is 1. The van der Waals surface area contributed by atoms with Crippen LogP contribution in [0.1, 0.15) is 11.5 Å². The summed E-state index contributed by atoms with van der Waals surface area (Å²) in [6.45, 7) is 0. The molecule has 0 aliphatic carbocycles. The van der Waals surface area contributed by atoms with Crippen LogP contribution in [0.2, 0.25) is 5.02 Å². The van der Waals surface area contributed by atoms with Crippen LogP contribution in [-0.2, 0) is 14.4 Å². The zero-order valence-electron chi connectivity index (χ0n) is 11.3. The Labute approximate surface area is 131 Å². The number of nitrogens with one attached hydrogen (secondary N) is 2. The molecular formula is C16H11ClN2O3. The van der Waals surface area contributed by atoms with Crippen molar-refractivity contribution in [2.24, 2.45) is 0 Å². The second-order valence-electron chi connectivity index (χ2n) is 4.83. The van der Waals surface area contributed by atoms with Gasteiger partial charge in [0.1, 0.15) is 5.92 Å². The number of benzene rings is 2. The van der Waals surface area contributed by atoms with Crippen molar-refractivity contribution in [3.05, 3.63) is 59.1 Å². The Morgan fingerprint density at radius 3 is 2.45 bits per heavy atom. The first-order valence-corrected chi connectivity index (χ1v) is 6.94. The lowest BCUT2D eigenvalue weighted by Crippen LogP contribution is -2.31. The Bertz CT molecular complexity index is 771. The number of rotatable bonds is 3. The first kappa shape index (κ1) is 14.3. The summed E-state index contributed by atoms with van der Waals surface area (Å²) in [4.78, 5) is 36.3. The van der Waals surface area contributed by atoms with Crippen molar-refractivity contribution in [2.45, 2.75) is 5.92 Å². The number of amides is 2. The van der Waals surface area contributed by atoms with E-state index in [9.17, 15) is 14.4 Å². The number of fused-ring (bicyclic) bond motifs is 1. The van der Waals surface area contributed by atoms with Crippen molar-refractivity contribution in [1.29, 1.82) is 0 Å². The highest BCUT2D eigenvalue weighted by atomic mass is 35.5. The van der Waals surface area contributed by atoms with E-state index in [1.165, 1.54) is 0 Å². The maximum atomic E-state index is 12.3. The summed E-state index contributed by atoms with van der Waals surface area (Å²) < 4.78 is 0. The van der Waals surface area contributed by atoms with E-state index < -0.39 is 23.5 Å². The van der Waals surface area contributed by atoms with Crippen LogP contribution in [0.25, 0.3) is 0 Å². The Kier molecular flexibility index (Phi) is 3.65. The van der Waals surface area contributed by atoms with Gasteiger partial charge < -0.3 is 10.6 Å². The Morgan fingerprint density at radius 2 is 1.73 bits per heavy atom. The molecule has 0 saturated carbocycles. The highest BCUT2D eigenvalue weighted by Gasteiger charge is 2.39. The standard InChI is InChI=1S/C16H11ClN2O3/c17-9-5-7-10(8-6-9)18-16(22)14(20)13-11-3-1-2-4-12(11)19-15(13)21/h1-8,13H,(H,18,22)(H,19,21)/t13-/m0/s1. The smallest absolute Gasteiger partial charge is 0.292 e. The Hall–Kier alpha value is -2.66. The molecule has 6 heteroatoms. The van der Waals surface area contributed by atoms with Crippen molar-refractivity contribution in [3.63, 3.8) is 0 Å². The number of carbonyl (C=O) groups is 3. The summed E-state index contributed by atoms with van der Waals surface area (Å²) in [6.07, 6.45) is 0.